The zero-order chi connectivity index (χ0) is 12.1. The van der Waals surface area contributed by atoms with Crippen molar-refractivity contribution in [3.63, 3.8) is 0 Å². The van der Waals surface area contributed by atoms with Crippen molar-refractivity contribution < 1.29 is 4.74 Å². The highest BCUT2D eigenvalue weighted by atomic mass is 16.5. The molecule has 1 aliphatic heterocycles. The van der Waals surface area contributed by atoms with E-state index in [1.807, 2.05) is 0 Å². The summed E-state index contributed by atoms with van der Waals surface area (Å²) in [6, 6.07) is 0. The third kappa shape index (κ3) is 3.35. The van der Waals surface area contributed by atoms with Gasteiger partial charge in [-0.2, -0.15) is 0 Å². The molecular weight excluding hydrogens is 214 g/mol. The quantitative estimate of drug-likeness (QED) is 0.566. The van der Waals surface area contributed by atoms with Crippen LogP contribution in [0, 0.1) is 5.41 Å². The van der Waals surface area contributed by atoms with Gasteiger partial charge in [-0.25, -0.2) is 0 Å². The predicted octanol–water partition coefficient (Wildman–Crippen LogP) is 1.65. The highest BCUT2D eigenvalue weighted by molar-refractivity contribution is 5.77. The molecule has 4 heteroatoms. The summed E-state index contributed by atoms with van der Waals surface area (Å²) in [7, 11) is 0. The van der Waals surface area contributed by atoms with E-state index in [-0.39, 0.29) is 0 Å². The Bertz CT molecular complexity index is 262. The van der Waals surface area contributed by atoms with Gasteiger partial charge in [-0.1, -0.05) is 13.3 Å². The highest BCUT2D eigenvalue weighted by Gasteiger charge is 2.34. The number of hydrogen-bond acceptors (Lipinski definition) is 2. The van der Waals surface area contributed by atoms with Crippen LogP contribution in [0.3, 0.4) is 0 Å². The molecule has 3 N–H and O–H groups in total. The van der Waals surface area contributed by atoms with Crippen LogP contribution in [0.15, 0.2) is 4.99 Å². The Morgan fingerprint density at radius 2 is 2.29 bits per heavy atom. The first-order valence-electron chi connectivity index (χ1n) is 6.89. The molecule has 4 nitrogen and oxygen atoms in total. The van der Waals surface area contributed by atoms with Crippen molar-refractivity contribution in [2.45, 2.75) is 51.6 Å². The van der Waals surface area contributed by atoms with Crippen molar-refractivity contribution in [1.82, 2.24) is 5.32 Å². The van der Waals surface area contributed by atoms with Crippen LogP contribution in [0.5, 0.6) is 0 Å². The van der Waals surface area contributed by atoms with Crippen LogP contribution in [0.1, 0.15) is 45.4 Å². The zero-order valence-electron chi connectivity index (χ0n) is 10.9. The molecule has 0 radical (unpaired) electrons. The van der Waals surface area contributed by atoms with Crippen LogP contribution < -0.4 is 11.1 Å². The molecule has 2 aliphatic rings. The van der Waals surface area contributed by atoms with Gasteiger partial charge < -0.3 is 15.8 Å². The molecule has 0 aromatic rings. The molecule has 1 unspecified atom stereocenters. The molecule has 1 saturated carbocycles. The van der Waals surface area contributed by atoms with E-state index >= 15 is 0 Å². The van der Waals surface area contributed by atoms with E-state index in [2.05, 4.69) is 17.2 Å². The van der Waals surface area contributed by atoms with Gasteiger partial charge in [0.15, 0.2) is 5.96 Å². The normalized spacial score (nSPS) is 27.8. The Hall–Kier alpha value is -0.770. The first-order chi connectivity index (χ1) is 8.24. The van der Waals surface area contributed by atoms with Gasteiger partial charge in [-0.05, 0) is 37.5 Å². The van der Waals surface area contributed by atoms with Gasteiger partial charge in [-0.15, -0.1) is 0 Å². The second-order valence-electron chi connectivity index (χ2n) is 5.42. The standard InChI is InChI=1S/C13H25N3O/c1-2-13(6-4-7-13)10-16-12(14)15-9-11-5-3-8-17-11/h11H,2-10H2,1H3,(H3,14,15,16). The molecule has 0 amide bonds. The second-order valence-corrected chi connectivity index (χ2v) is 5.42. The maximum Gasteiger partial charge on any atom is 0.188 e. The third-order valence-corrected chi connectivity index (χ3v) is 4.28. The van der Waals surface area contributed by atoms with Gasteiger partial charge in [0.05, 0.1) is 6.10 Å². The molecule has 0 aromatic heterocycles. The van der Waals surface area contributed by atoms with Crippen LogP contribution >= 0.6 is 0 Å². The summed E-state index contributed by atoms with van der Waals surface area (Å²) in [5.41, 5.74) is 6.33. The molecule has 17 heavy (non-hydrogen) atoms. The molecule has 1 atom stereocenters. The lowest BCUT2D eigenvalue weighted by Crippen LogP contribution is -2.39. The van der Waals surface area contributed by atoms with Gasteiger partial charge in [-0.3, -0.25) is 4.99 Å². The smallest absolute Gasteiger partial charge is 0.188 e. The largest absolute Gasteiger partial charge is 0.376 e. The van der Waals surface area contributed by atoms with E-state index in [9.17, 15) is 0 Å². The Morgan fingerprint density at radius 3 is 2.82 bits per heavy atom. The number of guanidine groups is 1. The maximum absolute atomic E-state index is 5.88. The summed E-state index contributed by atoms with van der Waals surface area (Å²) in [5, 5.41) is 3.17. The van der Waals surface area contributed by atoms with Crippen LogP contribution in [0.2, 0.25) is 0 Å². The lowest BCUT2D eigenvalue weighted by atomic mass is 9.67. The number of nitrogens with zero attached hydrogens (tertiary/aromatic N) is 1. The van der Waals surface area contributed by atoms with E-state index in [0.29, 0.717) is 17.5 Å². The monoisotopic (exact) mass is 239 g/mol. The number of ether oxygens (including phenoxy) is 1. The fourth-order valence-corrected chi connectivity index (χ4v) is 2.63. The molecule has 0 spiro atoms. The van der Waals surface area contributed by atoms with E-state index in [1.165, 1.54) is 32.1 Å². The molecule has 1 heterocycles. The number of nitrogens with one attached hydrogen (secondary N) is 1. The first kappa shape index (κ1) is 12.7. The van der Waals surface area contributed by atoms with E-state index in [1.54, 1.807) is 0 Å². The fraction of sp³-hybridized carbons (Fsp3) is 0.923. The Labute approximate surface area is 104 Å². The zero-order valence-corrected chi connectivity index (χ0v) is 10.9. The van der Waals surface area contributed by atoms with Gasteiger partial charge >= 0.3 is 0 Å². The molecule has 2 rings (SSSR count). The number of aliphatic imine (C=N–C) groups is 1. The minimum absolute atomic E-state index is 0.326. The molecule has 2 fully saturated rings. The Kier molecular flexibility index (Phi) is 4.26. The van der Waals surface area contributed by atoms with Crippen LogP contribution in [0.4, 0.5) is 0 Å². The van der Waals surface area contributed by atoms with Crippen LogP contribution in [-0.4, -0.2) is 31.8 Å². The van der Waals surface area contributed by atoms with Crippen molar-refractivity contribution in [1.29, 1.82) is 0 Å². The molecule has 0 aromatic carbocycles. The molecule has 1 aliphatic carbocycles. The Morgan fingerprint density at radius 1 is 1.47 bits per heavy atom. The van der Waals surface area contributed by atoms with Crippen molar-refractivity contribution in [3.8, 4) is 0 Å². The number of hydrogen-bond donors (Lipinski definition) is 2. The summed E-state index contributed by atoms with van der Waals surface area (Å²) in [6.07, 6.45) is 7.83. The number of nitrogens with two attached hydrogens (primary N) is 1. The average Bonchev–Trinajstić information content (AvgIpc) is 2.78. The summed E-state index contributed by atoms with van der Waals surface area (Å²) in [6.45, 7) is 4.83. The summed E-state index contributed by atoms with van der Waals surface area (Å²) >= 11 is 0. The average molecular weight is 239 g/mol. The molecule has 98 valence electrons. The summed E-state index contributed by atoms with van der Waals surface area (Å²) in [5.74, 6) is 0.584. The molecule has 1 saturated heterocycles. The lowest BCUT2D eigenvalue weighted by Gasteiger charge is -2.40. The molecule has 0 bridgehead atoms. The van der Waals surface area contributed by atoms with Crippen LogP contribution in [-0.2, 0) is 4.74 Å². The second kappa shape index (κ2) is 5.71. The van der Waals surface area contributed by atoms with Gasteiger partial charge in [0.1, 0.15) is 0 Å². The lowest BCUT2D eigenvalue weighted by molar-refractivity contribution is 0.113. The Balaban J connectivity index is 1.69. The van der Waals surface area contributed by atoms with E-state index in [0.717, 1.165) is 26.1 Å². The van der Waals surface area contributed by atoms with E-state index in [4.69, 9.17) is 10.5 Å². The predicted molar refractivity (Wildman–Crippen MR) is 70.0 cm³/mol. The number of rotatable bonds is 5. The van der Waals surface area contributed by atoms with E-state index < -0.39 is 0 Å². The summed E-state index contributed by atoms with van der Waals surface area (Å²) < 4.78 is 5.53. The van der Waals surface area contributed by atoms with Crippen molar-refractivity contribution >= 4 is 5.96 Å². The third-order valence-electron chi connectivity index (χ3n) is 4.28. The minimum atomic E-state index is 0.326. The summed E-state index contributed by atoms with van der Waals surface area (Å²) in [4.78, 5) is 4.48. The highest BCUT2D eigenvalue weighted by Crippen LogP contribution is 2.43. The van der Waals surface area contributed by atoms with Gasteiger partial charge in [0.25, 0.3) is 0 Å². The van der Waals surface area contributed by atoms with Crippen LogP contribution in [0.25, 0.3) is 0 Å². The van der Waals surface area contributed by atoms with Crippen molar-refractivity contribution in [3.05, 3.63) is 0 Å². The minimum Gasteiger partial charge on any atom is -0.376 e. The van der Waals surface area contributed by atoms with Gasteiger partial charge in [0, 0.05) is 19.7 Å². The maximum atomic E-state index is 5.88. The topological polar surface area (TPSA) is 59.6 Å². The molecular formula is C13H25N3O. The van der Waals surface area contributed by atoms with Gasteiger partial charge in [0.2, 0.25) is 0 Å². The first-order valence-corrected chi connectivity index (χ1v) is 6.89. The van der Waals surface area contributed by atoms with Crippen molar-refractivity contribution in [2.24, 2.45) is 16.1 Å². The fourth-order valence-electron chi connectivity index (χ4n) is 2.63. The SMILES string of the molecule is CCC1(CN=C(N)NCC2CCCO2)CCC1. The van der Waals surface area contributed by atoms with Crippen molar-refractivity contribution in [2.75, 3.05) is 19.7 Å².